The Balaban J connectivity index is 1.89. The number of rotatable bonds is 3. The molecule has 6 heteroatoms. The zero-order chi connectivity index (χ0) is 14.1. The van der Waals surface area contributed by atoms with Crippen molar-refractivity contribution in [3.63, 3.8) is 0 Å². The van der Waals surface area contributed by atoms with E-state index in [0.717, 1.165) is 16.6 Å². The number of amides is 1. The maximum absolute atomic E-state index is 12.1. The van der Waals surface area contributed by atoms with E-state index < -0.39 is 0 Å². The number of hydrogen-bond donors (Lipinski definition) is 1. The first-order valence-corrected chi connectivity index (χ1v) is 8.13. The molecule has 1 aromatic carbocycles. The van der Waals surface area contributed by atoms with E-state index in [1.807, 2.05) is 12.1 Å². The van der Waals surface area contributed by atoms with E-state index in [2.05, 4.69) is 23.3 Å². The van der Waals surface area contributed by atoms with E-state index in [-0.39, 0.29) is 5.91 Å². The second kappa shape index (κ2) is 5.52. The minimum atomic E-state index is -0.168. The van der Waals surface area contributed by atoms with Gasteiger partial charge in [0.05, 0.1) is 19.4 Å². The molecule has 2 heterocycles. The molecule has 0 atom stereocenters. The zero-order valence-corrected chi connectivity index (χ0v) is 13.0. The summed E-state index contributed by atoms with van der Waals surface area (Å²) in [5.74, 6) is -0.168. The van der Waals surface area contributed by atoms with Gasteiger partial charge in [0, 0.05) is 0 Å². The Bertz CT molecular complexity index is 778. The molecule has 3 aromatic rings. The van der Waals surface area contributed by atoms with Crippen molar-refractivity contribution in [1.82, 2.24) is 4.98 Å². The van der Waals surface area contributed by atoms with Crippen LogP contribution in [0.15, 0.2) is 30.3 Å². The number of nitrogens with zero attached hydrogens (tertiary/aromatic N) is 1. The average molecular weight is 323 g/mol. The van der Waals surface area contributed by atoms with Crippen LogP contribution in [0.25, 0.3) is 10.2 Å². The molecule has 0 saturated carbocycles. The molecule has 0 saturated heterocycles. The van der Waals surface area contributed by atoms with Gasteiger partial charge < -0.3 is 0 Å². The molecular formula is C14H11ClN2OS2. The van der Waals surface area contributed by atoms with Crippen molar-refractivity contribution in [3.8, 4) is 0 Å². The Morgan fingerprint density at radius 2 is 2.15 bits per heavy atom. The molecule has 1 amide bonds. The lowest BCUT2D eigenvalue weighted by molar-refractivity contribution is 0.103. The summed E-state index contributed by atoms with van der Waals surface area (Å²) in [6.45, 7) is 2.10. The summed E-state index contributed by atoms with van der Waals surface area (Å²) >= 11 is 8.58. The number of carbonyl (C=O) groups is 1. The van der Waals surface area contributed by atoms with Crippen LogP contribution in [0, 0.1) is 0 Å². The van der Waals surface area contributed by atoms with Crippen molar-refractivity contribution in [2.75, 3.05) is 5.32 Å². The van der Waals surface area contributed by atoms with Crippen LogP contribution in [0.5, 0.6) is 0 Å². The maximum Gasteiger partial charge on any atom is 0.267 e. The predicted molar refractivity (Wildman–Crippen MR) is 86.3 cm³/mol. The summed E-state index contributed by atoms with van der Waals surface area (Å²) in [7, 11) is 0. The minimum absolute atomic E-state index is 0.168. The molecule has 0 aliphatic heterocycles. The van der Waals surface area contributed by atoms with E-state index in [4.69, 9.17) is 11.6 Å². The SMILES string of the molecule is CCc1cccc2sc(NC(=O)c3ccc(Cl)s3)nc12. The van der Waals surface area contributed by atoms with Crippen LogP contribution in [0.1, 0.15) is 22.2 Å². The highest BCUT2D eigenvalue weighted by atomic mass is 35.5. The van der Waals surface area contributed by atoms with Crippen LogP contribution in [0.4, 0.5) is 5.13 Å². The molecule has 0 fully saturated rings. The number of thiophene rings is 1. The first-order chi connectivity index (χ1) is 9.67. The summed E-state index contributed by atoms with van der Waals surface area (Å²) in [6, 6.07) is 9.53. The highest BCUT2D eigenvalue weighted by molar-refractivity contribution is 7.22. The number of thiazole rings is 1. The molecule has 0 unspecified atom stereocenters. The lowest BCUT2D eigenvalue weighted by atomic mass is 10.1. The van der Waals surface area contributed by atoms with Crippen molar-refractivity contribution in [3.05, 3.63) is 45.1 Å². The molecule has 0 radical (unpaired) electrons. The molecule has 0 aliphatic carbocycles. The number of benzene rings is 1. The Labute approximate surface area is 129 Å². The van der Waals surface area contributed by atoms with E-state index in [0.29, 0.717) is 14.3 Å². The molecule has 0 bridgehead atoms. The molecule has 102 valence electrons. The number of nitrogens with one attached hydrogen (secondary N) is 1. The summed E-state index contributed by atoms with van der Waals surface area (Å²) in [6.07, 6.45) is 0.926. The van der Waals surface area contributed by atoms with E-state index in [1.54, 1.807) is 12.1 Å². The van der Waals surface area contributed by atoms with E-state index >= 15 is 0 Å². The molecule has 0 spiro atoms. The third-order valence-corrected chi connectivity index (χ3v) is 5.07. The van der Waals surface area contributed by atoms with Gasteiger partial charge in [0.1, 0.15) is 0 Å². The first kappa shape index (κ1) is 13.5. The van der Waals surface area contributed by atoms with Gasteiger partial charge in [-0.25, -0.2) is 4.98 Å². The summed E-state index contributed by atoms with van der Waals surface area (Å²) in [5, 5.41) is 3.45. The second-order valence-electron chi connectivity index (χ2n) is 4.19. The average Bonchev–Trinajstić information content (AvgIpc) is 3.03. The highest BCUT2D eigenvalue weighted by Crippen LogP contribution is 2.29. The fraction of sp³-hybridized carbons (Fsp3) is 0.143. The van der Waals surface area contributed by atoms with Crippen LogP contribution >= 0.6 is 34.3 Å². The Kier molecular flexibility index (Phi) is 3.74. The van der Waals surface area contributed by atoms with Crippen LogP contribution in [-0.4, -0.2) is 10.9 Å². The third-order valence-electron chi connectivity index (χ3n) is 2.90. The van der Waals surface area contributed by atoms with Gasteiger partial charge in [-0.3, -0.25) is 10.1 Å². The molecule has 1 N–H and O–H groups in total. The van der Waals surface area contributed by atoms with Crippen molar-refractivity contribution in [1.29, 1.82) is 0 Å². The number of fused-ring (bicyclic) bond motifs is 1. The molecule has 20 heavy (non-hydrogen) atoms. The fourth-order valence-electron chi connectivity index (χ4n) is 1.94. The first-order valence-electron chi connectivity index (χ1n) is 6.12. The van der Waals surface area contributed by atoms with Crippen LogP contribution in [-0.2, 0) is 6.42 Å². The number of hydrogen-bond acceptors (Lipinski definition) is 4. The molecule has 3 nitrogen and oxygen atoms in total. The Morgan fingerprint density at radius 1 is 1.30 bits per heavy atom. The number of halogens is 1. The molecular weight excluding hydrogens is 312 g/mol. The van der Waals surface area contributed by atoms with Gasteiger partial charge in [0.15, 0.2) is 5.13 Å². The predicted octanol–water partition coefficient (Wildman–Crippen LogP) is 4.83. The van der Waals surface area contributed by atoms with Crippen molar-refractivity contribution in [2.24, 2.45) is 0 Å². The van der Waals surface area contributed by atoms with E-state index in [1.165, 1.54) is 28.2 Å². The van der Waals surface area contributed by atoms with Crippen LogP contribution in [0.2, 0.25) is 4.34 Å². The number of aryl methyl sites for hydroxylation is 1. The Hall–Kier alpha value is -1.43. The quantitative estimate of drug-likeness (QED) is 0.750. The summed E-state index contributed by atoms with van der Waals surface area (Å²) in [4.78, 5) is 17.2. The van der Waals surface area contributed by atoms with Gasteiger partial charge in [-0.05, 0) is 30.2 Å². The molecule has 3 rings (SSSR count). The Morgan fingerprint density at radius 3 is 2.85 bits per heavy atom. The molecule has 0 aliphatic rings. The van der Waals surface area contributed by atoms with Crippen LogP contribution < -0.4 is 5.32 Å². The van der Waals surface area contributed by atoms with Gasteiger partial charge in [-0.2, -0.15) is 0 Å². The van der Waals surface area contributed by atoms with Gasteiger partial charge in [-0.15, -0.1) is 11.3 Å². The van der Waals surface area contributed by atoms with E-state index in [9.17, 15) is 4.79 Å². The summed E-state index contributed by atoms with van der Waals surface area (Å²) < 4.78 is 1.69. The van der Waals surface area contributed by atoms with Crippen molar-refractivity contribution in [2.45, 2.75) is 13.3 Å². The normalized spacial score (nSPS) is 10.9. The lowest BCUT2D eigenvalue weighted by Gasteiger charge is -1.97. The monoisotopic (exact) mass is 322 g/mol. The zero-order valence-electron chi connectivity index (χ0n) is 10.6. The maximum atomic E-state index is 12.1. The molecule has 2 aromatic heterocycles. The number of carbonyl (C=O) groups excluding carboxylic acids is 1. The van der Waals surface area contributed by atoms with Gasteiger partial charge in [0.25, 0.3) is 5.91 Å². The largest absolute Gasteiger partial charge is 0.297 e. The smallest absolute Gasteiger partial charge is 0.267 e. The number of aromatic nitrogens is 1. The van der Waals surface area contributed by atoms with Gasteiger partial charge in [0.2, 0.25) is 0 Å². The topological polar surface area (TPSA) is 42.0 Å². The highest BCUT2D eigenvalue weighted by Gasteiger charge is 2.12. The second-order valence-corrected chi connectivity index (χ2v) is 6.94. The van der Waals surface area contributed by atoms with Crippen LogP contribution in [0.3, 0.4) is 0 Å². The minimum Gasteiger partial charge on any atom is -0.297 e. The van der Waals surface area contributed by atoms with Gasteiger partial charge in [-0.1, -0.05) is 42.0 Å². The van der Waals surface area contributed by atoms with Crippen molar-refractivity contribution >= 4 is 55.5 Å². The fourth-order valence-corrected chi connectivity index (χ4v) is 3.79. The number of para-hydroxylation sites is 1. The van der Waals surface area contributed by atoms with Gasteiger partial charge >= 0.3 is 0 Å². The van der Waals surface area contributed by atoms with Crippen molar-refractivity contribution < 1.29 is 4.79 Å². The standard InChI is InChI=1S/C14H11ClN2OS2/c1-2-8-4-3-5-9-12(8)16-14(20-9)17-13(18)10-6-7-11(15)19-10/h3-7H,2H2,1H3,(H,16,17,18). The third kappa shape index (κ3) is 2.57. The summed E-state index contributed by atoms with van der Waals surface area (Å²) in [5.41, 5.74) is 2.16. The lowest BCUT2D eigenvalue weighted by Crippen LogP contribution is -2.09. The number of anilines is 1.